The molecule has 0 aromatic heterocycles. The molecule has 0 saturated heterocycles. The van der Waals surface area contributed by atoms with Crippen molar-refractivity contribution in [3.05, 3.63) is 0 Å². The Bertz CT molecular complexity index is 405. The number of carboxylic acids is 1. The van der Waals surface area contributed by atoms with E-state index in [1.807, 2.05) is 0 Å². The molecule has 6 nitrogen and oxygen atoms in total. The minimum Gasteiger partial charge on any atom is -0.480 e. The molecule has 0 aliphatic heterocycles. The first-order valence-electron chi connectivity index (χ1n) is 6.99. The molecule has 0 aliphatic rings. The normalized spacial score (nSPS) is 12.9. The van der Waals surface area contributed by atoms with Gasteiger partial charge in [-0.3, -0.25) is 4.79 Å². The van der Waals surface area contributed by atoms with Gasteiger partial charge in [-0.1, -0.05) is 39.0 Å². The molecule has 0 aromatic rings. The predicted octanol–water partition coefficient (Wildman–Crippen LogP) is 1.35. The quantitative estimate of drug-likeness (QED) is 0.561. The Morgan fingerprint density at radius 3 is 2.15 bits per heavy atom. The molecule has 0 rings (SSSR count). The smallest absolute Gasteiger partial charge is 0.327 e. The summed E-state index contributed by atoms with van der Waals surface area (Å²) in [5.41, 5.74) is 0. The van der Waals surface area contributed by atoms with Crippen LogP contribution in [0.2, 0.25) is 0 Å². The van der Waals surface area contributed by atoms with E-state index in [-0.39, 0.29) is 5.75 Å². The van der Waals surface area contributed by atoms with Gasteiger partial charge in [0.15, 0.2) is 9.84 Å². The van der Waals surface area contributed by atoms with Crippen LogP contribution < -0.4 is 5.32 Å². The van der Waals surface area contributed by atoms with Gasteiger partial charge in [0.25, 0.3) is 0 Å². The van der Waals surface area contributed by atoms with Crippen LogP contribution in [0.5, 0.6) is 0 Å². The molecule has 1 atom stereocenters. The van der Waals surface area contributed by atoms with Crippen LogP contribution in [-0.4, -0.2) is 42.9 Å². The largest absolute Gasteiger partial charge is 0.480 e. The number of aliphatic carboxylic acids is 1. The molecular weight excluding hydrogens is 282 g/mol. The number of nitrogens with one attached hydrogen (secondary N) is 1. The second kappa shape index (κ2) is 9.74. The van der Waals surface area contributed by atoms with Crippen LogP contribution >= 0.6 is 0 Å². The lowest BCUT2D eigenvalue weighted by Crippen LogP contribution is -2.44. The monoisotopic (exact) mass is 307 g/mol. The van der Waals surface area contributed by atoms with Gasteiger partial charge < -0.3 is 10.4 Å². The van der Waals surface area contributed by atoms with Crippen LogP contribution in [0.1, 0.15) is 52.4 Å². The summed E-state index contributed by atoms with van der Waals surface area (Å²) < 4.78 is 23.6. The fourth-order valence-electron chi connectivity index (χ4n) is 1.86. The first-order valence-corrected chi connectivity index (χ1v) is 8.81. The van der Waals surface area contributed by atoms with Gasteiger partial charge in [0.2, 0.25) is 5.91 Å². The van der Waals surface area contributed by atoms with E-state index in [0.29, 0.717) is 6.42 Å². The van der Waals surface area contributed by atoms with E-state index in [9.17, 15) is 18.0 Å². The lowest BCUT2D eigenvalue weighted by atomic mass is 10.1. The third-order valence-corrected chi connectivity index (χ3v) is 4.66. The Balaban J connectivity index is 4.15. The van der Waals surface area contributed by atoms with Crippen LogP contribution in [0.25, 0.3) is 0 Å². The molecule has 0 aromatic carbocycles. The summed E-state index contributed by atoms with van der Waals surface area (Å²) in [4.78, 5) is 21.7. The highest BCUT2D eigenvalue weighted by molar-refractivity contribution is 7.91. The van der Waals surface area contributed by atoms with Crippen LogP contribution in [-0.2, 0) is 19.4 Å². The lowest BCUT2D eigenvalue weighted by molar-refractivity contribution is -0.140. The van der Waals surface area contributed by atoms with Crippen molar-refractivity contribution in [3.8, 4) is 0 Å². The zero-order chi connectivity index (χ0) is 15.6. The maximum Gasteiger partial charge on any atom is 0.327 e. The second-order valence-corrected chi connectivity index (χ2v) is 7.20. The number of carbonyl (C=O) groups is 2. The second-order valence-electron chi connectivity index (χ2n) is 4.97. The van der Waals surface area contributed by atoms with Crippen molar-refractivity contribution < 1.29 is 23.1 Å². The van der Waals surface area contributed by atoms with Crippen LogP contribution in [0.3, 0.4) is 0 Å². The fourth-order valence-corrected chi connectivity index (χ4v) is 3.40. The van der Waals surface area contributed by atoms with E-state index >= 15 is 0 Å². The standard InChI is InChI=1S/C13H25NO5S/c1-3-4-5-6-7-8-9-20(18,19)10-12(13(16)17)14-11(2)15/h12H,3-10H2,1-2H3,(H,14,15)(H,16,17). The molecule has 0 radical (unpaired) electrons. The van der Waals surface area contributed by atoms with Gasteiger partial charge in [0.05, 0.1) is 11.5 Å². The van der Waals surface area contributed by atoms with Gasteiger partial charge in [0.1, 0.15) is 6.04 Å². The van der Waals surface area contributed by atoms with Crippen molar-refractivity contribution >= 4 is 21.7 Å². The summed E-state index contributed by atoms with van der Waals surface area (Å²) in [6.45, 7) is 3.27. The average Bonchev–Trinajstić information content (AvgIpc) is 2.31. The van der Waals surface area contributed by atoms with E-state index in [1.54, 1.807) is 0 Å². The zero-order valence-corrected chi connectivity index (χ0v) is 13.0. The predicted molar refractivity (Wildman–Crippen MR) is 77.3 cm³/mol. The molecule has 118 valence electrons. The Kier molecular flexibility index (Phi) is 9.20. The Hall–Kier alpha value is -1.11. The number of sulfone groups is 1. The summed E-state index contributed by atoms with van der Waals surface area (Å²) in [5, 5.41) is 11.0. The topological polar surface area (TPSA) is 101 Å². The molecular formula is C13H25NO5S. The highest BCUT2D eigenvalue weighted by Gasteiger charge is 2.25. The van der Waals surface area contributed by atoms with E-state index < -0.39 is 33.5 Å². The SMILES string of the molecule is CCCCCCCCS(=O)(=O)CC(NC(C)=O)C(=O)O. The Morgan fingerprint density at radius 2 is 1.65 bits per heavy atom. The van der Waals surface area contributed by atoms with Crippen molar-refractivity contribution in [2.24, 2.45) is 0 Å². The number of hydrogen-bond acceptors (Lipinski definition) is 4. The summed E-state index contributed by atoms with van der Waals surface area (Å²) in [6, 6.07) is -1.36. The molecule has 0 saturated carbocycles. The summed E-state index contributed by atoms with van der Waals surface area (Å²) in [5.74, 6) is -2.45. The van der Waals surface area contributed by atoms with E-state index in [1.165, 1.54) is 0 Å². The van der Waals surface area contributed by atoms with Gasteiger partial charge in [-0.15, -0.1) is 0 Å². The summed E-state index contributed by atoms with van der Waals surface area (Å²) in [6.07, 6.45) is 5.75. The maximum absolute atomic E-state index is 11.8. The molecule has 7 heteroatoms. The number of rotatable bonds is 11. The van der Waals surface area contributed by atoms with Crippen LogP contribution in [0.4, 0.5) is 0 Å². The molecule has 0 aliphatic carbocycles. The first kappa shape index (κ1) is 18.9. The zero-order valence-electron chi connectivity index (χ0n) is 12.2. The van der Waals surface area contributed by atoms with Gasteiger partial charge in [-0.2, -0.15) is 0 Å². The van der Waals surface area contributed by atoms with Crippen molar-refractivity contribution in [1.82, 2.24) is 5.32 Å². The fraction of sp³-hybridized carbons (Fsp3) is 0.846. The third-order valence-electron chi connectivity index (χ3n) is 2.91. The molecule has 0 spiro atoms. The third kappa shape index (κ3) is 9.77. The minimum absolute atomic E-state index is 0.0253. The van der Waals surface area contributed by atoms with E-state index in [2.05, 4.69) is 12.2 Å². The average molecular weight is 307 g/mol. The number of carboxylic acid groups (broad SMARTS) is 1. The van der Waals surface area contributed by atoms with Gasteiger partial charge >= 0.3 is 5.97 Å². The van der Waals surface area contributed by atoms with Crippen molar-refractivity contribution in [1.29, 1.82) is 0 Å². The molecule has 2 N–H and O–H groups in total. The van der Waals surface area contributed by atoms with E-state index in [0.717, 1.165) is 39.0 Å². The Labute approximate surface area is 120 Å². The number of hydrogen-bond donors (Lipinski definition) is 2. The van der Waals surface area contributed by atoms with Gasteiger partial charge in [-0.05, 0) is 6.42 Å². The molecule has 0 fully saturated rings. The van der Waals surface area contributed by atoms with Crippen molar-refractivity contribution in [2.45, 2.75) is 58.4 Å². The van der Waals surface area contributed by atoms with Crippen molar-refractivity contribution in [3.63, 3.8) is 0 Å². The van der Waals surface area contributed by atoms with Crippen LogP contribution in [0, 0.1) is 0 Å². The summed E-state index contributed by atoms with van der Waals surface area (Å²) in [7, 11) is -3.46. The van der Waals surface area contributed by atoms with Crippen LogP contribution in [0.15, 0.2) is 0 Å². The van der Waals surface area contributed by atoms with Gasteiger partial charge in [0, 0.05) is 6.92 Å². The molecule has 1 unspecified atom stereocenters. The molecule has 1 amide bonds. The maximum atomic E-state index is 11.8. The highest BCUT2D eigenvalue weighted by atomic mass is 32.2. The highest BCUT2D eigenvalue weighted by Crippen LogP contribution is 2.07. The molecule has 20 heavy (non-hydrogen) atoms. The number of carbonyl (C=O) groups excluding carboxylic acids is 1. The lowest BCUT2D eigenvalue weighted by Gasteiger charge is -2.13. The van der Waals surface area contributed by atoms with Gasteiger partial charge in [-0.25, -0.2) is 13.2 Å². The van der Waals surface area contributed by atoms with Crippen molar-refractivity contribution in [2.75, 3.05) is 11.5 Å². The molecule has 0 heterocycles. The van der Waals surface area contributed by atoms with E-state index in [4.69, 9.17) is 5.11 Å². The first-order chi connectivity index (χ1) is 9.28. The molecule has 0 bridgehead atoms. The summed E-state index contributed by atoms with van der Waals surface area (Å²) >= 11 is 0. The number of unbranched alkanes of at least 4 members (excludes halogenated alkanes) is 5. The number of amides is 1. The Morgan fingerprint density at radius 1 is 1.10 bits per heavy atom. The minimum atomic E-state index is -3.46.